The number of carbonyl (C=O) groups is 2. The number of rotatable bonds is 5. The van der Waals surface area contributed by atoms with Crippen molar-refractivity contribution >= 4 is 28.8 Å². The van der Waals surface area contributed by atoms with Gasteiger partial charge in [-0.15, -0.1) is 0 Å². The molecule has 0 bridgehead atoms. The number of hydrogen-bond acceptors (Lipinski definition) is 4. The van der Waals surface area contributed by atoms with Crippen molar-refractivity contribution in [2.75, 3.05) is 17.3 Å². The molecule has 5 nitrogen and oxygen atoms in total. The Labute approximate surface area is 175 Å². The maximum atomic E-state index is 13.4. The van der Waals surface area contributed by atoms with E-state index in [1.807, 2.05) is 62.4 Å². The first kappa shape index (κ1) is 19.5. The average Bonchev–Trinajstić information content (AvgIpc) is 3.01. The number of benzene rings is 3. The lowest BCUT2D eigenvalue weighted by Crippen LogP contribution is -2.32. The Balaban J connectivity index is 1.79. The second-order valence-electron chi connectivity index (χ2n) is 7.18. The number of hydrogen-bond donors (Lipinski definition) is 1. The lowest BCUT2D eigenvalue weighted by molar-refractivity contribution is -0.120. The Kier molecular flexibility index (Phi) is 5.11. The minimum atomic E-state index is -0.387. The van der Waals surface area contributed by atoms with E-state index in [1.54, 1.807) is 31.4 Å². The van der Waals surface area contributed by atoms with Crippen molar-refractivity contribution in [2.24, 2.45) is 0 Å². The van der Waals surface area contributed by atoms with E-state index in [1.165, 1.54) is 4.90 Å². The highest BCUT2D eigenvalue weighted by molar-refractivity contribution is 6.46. The molecule has 0 spiro atoms. The van der Waals surface area contributed by atoms with Gasteiger partial charge in [-0.3, -0.25) is 9.59 Å². The third kappa shape index (κ3) is 3.46. The number of amides is 2. The third-order valence-electron chi connectivity index (χ3n) is 5.25. The summed E-state index contributed by atoms with van der Waals surface area (Å²) in [4.78, 5) is 27.9. The van der Waals surface area contributed by atoms with E-state index in [0.29, 0.717) is 22.6 Å². The van der Waals surface area contributed by atoms with Crippen LogP contribution in [0.25, 0.3) is 5.57 Å². The van der Waals surface area contributed by atoms with Crippen molar-refractivity contribution in [3.8, 4) is 5.75 Å². The Morgan fingerprint density at radius 1 is 0.800 bits per heavy atom. The van der Waals surface area contributed by atoms with E-state index < -0.39 is 0 Å². The summed E-state index contributed by atoms with van der Waals surface area (Å²) in [6, 6.07) is 22.0. The highest BCUT2D eigenvalue weighted by atomic mass is 16.5. The maximum Gasteiger partial charge on any atom is 0.282 e. The highest BCUT2D eigenvalue weighted by Gasteiger charge is 2.40. The van der Waals surface area contributed by atoms with Gasteiger partial charge in [0.2, 0.25) is 0 Å². The van der Waals surface area contributed by atoms with Crippen LogP contribution in [-0.2, 0) is 9.59 Å². The Morgan fingerprint density at radius 2 is 1.50 bits per heavy atom. The lowest BCUT2D eigenvalue weighted by Gasteiger charge is -2.16. The molecule has 150 valence electrons. The largest absolute Gasteiger partial charge is 0.497 e. The van der Waals surface area contributed by atoms with Crippen LogP contribution in [0.1, 0.15) is 16.7 Å². The fraction of sp³-hybridized carbons (Fsp3) is 0.120. The topological polar surface area (TPSA) is 58.6 Å². The number of carbonyl (C=O) groups excluding carboxylic acids is 2. The number of ether oxygens (including phenoxy) is 1. The molecule has 1 N–H and O–H groups in total. The molecule has 0 unspecified atom stereocenters. The summed E-state index contributed by atoms with van der Waals surface area (Å²) in [6.07, 6.45) is 0. The minimum Gasteiger partial charge on any atom is -0.497 e. The van der Waals surface area contributed by atoms with Crippen LogP contribution in [0.3, 0.4) is 0 Å². The van der Waals surface area contributed by atoms with Crippen LogP contribution in [0.15, 0.2) is 78.5 Å². The van der Waals surface area contributed by atoms with Crippen molar-refractivity contribution in [3.63, 3.8) is 0 Å². The van der Waals surface area contributed by atoms with Crippen molar-refractivity contribution < 1.29 is 14.3 Å². The molecule has 0 fully saturated rings. The summed E-state index contributed by atoms with van der Waals surface area (Å²) in [5, 5.41) is 3.20. The molecule has 1 aliphatic rings. The number of nitrogens with one attached hydrogen (secondary N) is 1. The molecule has 4 rings (SSSR count). The van der Waals surface area contributed by atoms with Crippen LogP contribution < -0.4 is 15.0 Å². The Bertz CT molecular complexity index is 1150. The van der Waals surface area contributed by atoms with E-state index in [-0.39, 0.29) is 17.5 Å². The molecule has 0 saturated carbocycles. The molecule has 0 aliphatic carbocycles. The first-order valence-electron chi connectivity index (χ1n) is 9.66. The van der Waals surface area contributed by atoms with Gasteiger partial charge in [-0.25, -0.2) is 4.90 Å². The molecule has 0 saturated heterocycles. The van der Waals surface area contributed by atoms with Crippen LogP contribution in [-0.4, -0.2) is 18.9 Å². The van der Waals surface area contributed by atoms with Crippen LogP contribution >= 0.6 is 0 Å². The summed E-state index contributed by atoms with van der Waals surface area (Å²) < 4.78 is 5.19. The van der Waals surface area contributed by atoms with Gasteiger partial charge in [-0.05, 0) is 66.9 Å². The summed E-state index contributed by atoms with van der Waals surface area (Å²) in [7, 11) is 1.57. The lowest BCUT2D eigenvalue weighted by atomic mass is 10.0. The molecule has 1 aliphatic heterocycles. The molecule has 0 atom stereocenters. The Morgan fingerprint density at radius 3 is 2.13 bits per heavy atom. The van der Waals surface area contributed by atoms with Gasteiger partial charge < -0.3 is 10.1 Å². The SMILES string of the molecule is COc1ccc(N2C(=O)C(Nc3ccc(C)c(C)c3)=C(c3ccccc3)C2=O)cc1. The zero-order valence-electron chi connectivity index (χ0n) is 17.1. The van der Waals surface area contributed by atoms with E-state index in [2.05, 4.69) is 5.32 Å². The predicted molar refractivity (Wildman–Crippen MR) is 118 cm³/mol. The summed E-state index contributed by atoms with van der Waals surface area (Å²) in [5.74, 6) is -0.0903. The van der Waals surface area contributed by atoms with Gasteiger partial charge in [-0.1, -0.05) is 36.4 Å². The molecule has 0 radical (unpaired) electrons. The van der Waals surface area contributed by atoms with Gasteiger partial charge in [0.25, 0.3) is 11.8 Å². The molecule has 30 heavy (non-hydrogen) atoms. The quantitative estimate of drug-likeness (QED) is 0.633. The summed E-state index contributed by atoms with van der Waals surface area (Å²) in [6.45, 7) is 4.04. The van der Waals surface area contributed by atoms with Gasteiger partial charge in [0.15, 0.2) is 0 Å². The number of imide groups is 1. The van der Waals surface area contributed by atoms with Crippen LogP contribution in [0, 0.1) is 13.8 Å². The Hall–Kier alpha value is -3.86. The van der Waals surface area contributed by atoms with E-state index in [4.69, 9.17) is 4.74 Å². The second kappa shape index (κ2) is 7.87. The molecule has 1 heterocycles. The normalized spacial score (nSPS) is 13.8. The molecular weight excluding hydrogens is 376 g/mol. The van der Waals surface area contributed by atoms with Gasteiger partial charge in [0.1, 0.15) is 11.4 Å². The van der Waals surface area contributed by atoms with E-state index in [0.717, 1.165) is 16.8 Å². The van der Waals surface area contributed by atoms with Crippen molar-refractivity contribution in [1.82, 2.24) is 0 Å². The molecule has 5 heteroatoms. The van der Waals surface area contributed by atoms with Crippen LogP contribution in [0.5, 0.6) is 5.75 Å². The van der Waals surface area contributed by atoms with Gasteiger partial charge >= 0.3 is 0 Å². The van der Waals surface area contributed by atoms with Crippen LogP contribution in [0.2, 0.25) is 0 Å². The number of anilines is 2. The zero-order valence-corrected chi connectivity index (χ0v) is 17.1. The van der Waals surface area contributed by atoms with Crippen LogP contribution in [0.4, 0.5) is 11.4 Å². The third-order valence-corrected chi connectivity index (χ3v) is 5.25. The second-order valence-corrected chi connectivity index (χ2v) is 7.18. The molecule has 3 aromatic rings. The van der Waals surface area contributed by atoms with Crippen molar-refractivity contribution in [3.05, 3.63) is 95.2 Å². The molecular formula is C25H22N2O3. The van der Waals surface area contributed by atoms with Crippen molar-refractivity contribution in [1.29, 1.82) is 0 Å². The smallest absolute Gasteiger partial charge is 0.282 e. The van der Waals surface area contributed by atoms with Gasteiger partial charge in [0, 0.05) is 5.69 Å². The first-order chi connectivity index (χ1) is 14.5. The number of aryl methyl sites for hydroxylation is 2. The minimum absolute atomic E-state index is 0.269. The monoisotopic (exact) mass is 398 g/mol. The van der Waals surface area contributed by atoms with Crippen molar-refractivity contribution in [2.45, 2.75) is 13.8 Å². The standard InChI is InChI=1S/C25H22N2O3/c1-16-9-10-19(15-17(16)2)26-23-22(18-7-5-4-6-8-18)24(28)27(25(23)29)20-11-13-21(30-3)14-12-20/h4-15,26H,1-3H3. The van der Waals surface area contributed by atoms with E-state index >= 15 is 0 Å². The maximum absolute atomic E-state index is 13.4. The zero-order chi connectivity index (χ0) is 21.3. The van der Waals surface area contributed by atoms with Gasteiger partial charge in [0.05, 0.1) is 18.4 Å². The molecule has 0 aromatic heterocycles. The molecule has 2 amide bonds. The molecule has 3 aromatic carbocycles. The van der Waals surface area contributed by atoms with E-state index in [9.17, 15) is 9.59 Å². The fourth-order valence-electron chi connectivity index (χ4n) is 3.45. The first-order valence-corrected chi connectivity index (χ1v) is 9.66. The number of nitrogens with zero attached hydrogens (tertiary/aromatic N) is 1. The summed E-state index contributed by atoms with van der Waals surface area (Å²) in [5.41, 5.74) is 4.84. The fourth-order valence-corrected chi connectivity index (χ4v) is 3.45. The number of methoxy groups -OCH3 is 1. The van der Waals surface area contributed by atoms with Gasteiger partial charge in [-0.2, -0.15) is 0 Å². The summed E-state index contributed by atoms with van der Waals surface area (Å²) >= 11 is 0. The predicted octanol–water partition coefficient (Wildman–Crippen LogP) is 4.71. The highest BCUT2D eigenvalue weighted by Crippen LogP contribution is 2.34. The average molecular weight is 398 g/mol.